The van der Waals surface area contributed by atoms with E-state index in [0.29, 0.717) is 25.3 Å². The maximum absolute atomic E-state index is 13.5. The average molecular weight is 397 g/mol. The highest BCUT2D eigenvalue weighted by Crippen LogP contribution is 2.43. The molecule has 5 heteroatoms. The summed E-state index contributed by atoms with van der Waals surface area (Å²) in [5, 5.41) is 0. The Morgan fingerprint density at radius 1 is 1.00 bits per heavy atom. The first-order valence-electron chi connectivity index (χ1n) is 10.0. The minimum absolute atomic E-state index is 0.0581. The van der Waals surface area contributed by atoms with Gasteiger partial charge in [0.15, 0.2) is 0 Å². The third-order valence-corrected chi connectivity index (χ3v) is 6.07. The first-order chi connectivity index (χ1) is 13.7. The number of hydrogen-bond acceptors (Lipinski definition) is 2. The van der Waals surface area contributed by atoms with Crippen LogP contribution >= 0.6 is 11.6 Å². The van der Waals surface area contributed by atoms with Gasteiger partial charge >= 0.3 is 0 Å². The van der Waals surface area contributed by atoms with Crippen LogP contribution in [0.25, 0.3) is 0 Å². The monoisotopic (exact) mass is 396 g/mol. The molecule has 0 saturated heterocycles. The molecular formula is C23H25ClN2O2. The van der Waals surface area contributed by atoms with Crippen molar-refractivity contribution in [3.05, 3.63) is 60.2 Å². The third-order valence-electron chi connectivity index (χ3n) is 5.80. The van der Waals surface area contributed by atoms with Crippen molar-refractivity contribution in [3.63, 3.8) is 0 Å². The highest BCUT2D eigenvalue weighted by Gasteiger charge is 2.45. The number of rotatable bonds is 5. The topological polar surface area (TPSA) is 40.6 Å². The van der Waals surface area contributed by atoms with Crippen molar-refractivity contribution in [1.29, 1.82) is 0 Å². The summed E-state index contributed by atoms with van der Waals surface area (Å²) in [6, 6.07) is 17.8. The smallest absolute Gasteiger partial charge is 0.232 e. The molecule has 2 amide bonds. The van der Waals surface area contributed by atoms with Crippen LogP contribution < -0.4 is 9.80 Å². The molecule has 0 aromatic heterocycles. The minimum atomic E-state index is -0.143. The van der Waals surface area contributed by atoms with Gasteiger partial charge < -0.3 is 9.80 Å². The van der Waals surface area contributed by atoms with Gasteiger partial charge in [-0.1, -0.05) is 48.9 Å². The van der Waals surface area contributed by atoms with Crippen molar-refractivity contribution in [1.82, 2.24) is 0 Å². The molecule has 1 heterocycles. The summed E-state index contributed by atoms with van der Waals surface area (Å²) in [6.45, 7) is 0.517. The van der Waals surface area contributed by atoms with E-state index in [1.54, 1.807) is 0 Å². The molecule has 2 aromatic carbocycles. The number of benzene rings is 2. The van der Waals surface area contributed by atoms with Gasteiger partial charge in [-0.3, -0.25) is 9.59 Å². The van der Waals surface area contributed by atoms with Crippen LogP contribution in [0.2, 0.25) is 0 Å². The fourth-order valence-electron chi connectivity index (χ4n) is 4.52. The Bertz CT molecular complexity index is 855. The Labute approximate surface area is 171 Å². The summed E-state index contributed by atoms with van der Waals surface area (Å²) in [5.41, 5.74) is 2.76. The Kier molecular flexibility index (Phi) is 5.67. The molecule has 0 bridgehead atoms. The van der Waals surface area contributed by atoms with E-state index in [0.717, 1.165) is 36.2 Å². The van der Waals surface area contributed by atoms with Gasteiger partial charge in [-0.25, -0.2) is 0 Å². The molecule has 1 fully saturated rings. The van der Waals surface area contributed by atoms with Crippen molar-refractivity contribution < 1.29 is 9.59 Å². The van der Waals surface area contributed by atoms with E-state index in [-0.39, 0.29) is 23.8 Å². The highest BCUT2D eigenvalue weighted by atomic mass is 35.5. The number of amides is 2. The number of fused-ring (bicyclic) bond motifs is 2. The molecule has 1 saturated carbocycles. The molecule has 2 atom stereocenters. The lowest BCUT2D eigenvalue weighted by atomic mass is 10.00. The van der Waals surface area contributed by atoms with Gasteiger partial charge in [0.1, 0.15) is 0 Å². The number of carbonyl (C=O) groups excluding carboxylic acids is 2. The van der Waals surface area contributed by atoms with E-state index in [1.807, 2.05) is 64.4 Å². The van der Waals surface area contributed by atoms with E-state index in [2.05, 4.69) is 0 Å². The van der Waals surface area contributed by atoms with Crippen LogP contribution in [0, 0.1) is 5.92 Å². The molecule has 28 heavy (non-hydrogen) atoms. The lowest BCUT2D eigenvalue weighted by molar-refractivity contribution is -0.123. The van der Waals surface area contributed by atoms with Gasteiger partial charge in [-0.2, -0.15) is 0 Å². The molecule has 4 nitrogen and oxygen atoms in total. The Balaban J connectivity index is 1.78. The van der Waals surface area contributed by atoms with Crippen LogP contribution in [0.5, 0.6) is 0 Å². The van der Waals surface area contributed by atoms with E-state index in [9.17, 15) is 9.59 Å². The third kappa shape index (κ3) is 3.53. The SMILES string of the molecule is O=C1C2CCCC2N(C(=O)CCCCl)c2ccccc2N1Cc1ccccc1. The fourth-order valence-corrected chi connectivity index (χ4v) is 4.65. The maximum Gasteiger partial charge on any atom is 0.232 e. The van der Waals surface area contributed by atoms with Gasteiger partial charge in [0.25, 0.3) is 0 Å². The maximum atomic E-state index is 13.5. The fraction of sp³-hybridized carbons (Fsp3) is 0.391. The molecule has 4 rings (SSSR count). The van der Waals surface area contributed by atoms with Crippen LogP contribution in [0.1, 0.15) is 37.7 Å². The van der Waals surface area contributed by atoms with E-state index >= 15 is 0 Å². The zero-order valence-electron chi connectivity index (χ0n) is 15.9. The van der Waals surface area contributed by atoms with Gasteiger partial charge in [0, 0.05) is 18.3 Å². The number of nitrogens with zero attached hydrogens (tertiary/aromatic N) is 2. The second-order valence-corrected chi connectivity index (χ2v) is 7.94. The summed E-state index contributed by atoms with van der Waals surface area (Å²) < 4.78 is 0. The summed E-state index contributed by atoms with van der Waals surface area (Å²) in [6.07, 6.45) is 3.74. The molecule has 1 aliphatic carbocycles. The number of hydrogen-bond donors (Lipinski definition) is 0. The number of halogens is 1. The molecule has 0 spiro atoms. The van der Waals surface area contributed by atoms with E-state index in [1.165, 1.54) is 0 Å². The van der Waals surface area contributed by atoms with Gasteiger partial charge in [0.2, 0.25) is 11.8 Å². The Morgan fingerprint density at radius 3 is 2.46 bits per heavy atom. The van der Waals surface area contributed by atoms with Gasteiger partial charge in [-0.05, 0) is 37.0 Å². The predicted molar refractivity (Wildman–Crippen MR) is 113 cm³/mol. The number of carbonyl (C=O) groups is 2. The van der Waals surface area contributed by atoms with Crippen LogP contribution in [0.15, 0.2) is 54.6 Å². The van der Waals surface area contributed by atoms with Crippen molar-refractivity contribution in [2.24, 2.45) is 5.92 Å². The second-order valence-electron chi connectivity index (χ2n) is 7.56. The summed E-state index contributed by atoms with van der Waals surface area (Å²) in [4.78, 5) is 30.5. The summed E-state index contributed by atoms with van der Waals surface area (Å²) >= 11 is 5.83. The van der Waals surface area contributed by atoms with Crippen LogP contribution in [0.3, 0.4) is 0 Å². The molecule has 2 unspecified atom stereocenters. The van der Waals surface area contributed by atoms with Gasteiger partial charge in [-0.15, -0.1) is 11.6 Å². The first kappa shape index (κ1) is 19.0. The Morgan fingerprint density at radius 2 is 1.71 bits per heavy atom. The average Bonchev–Trinajstić information content (AvgIpc) is 3.17. The van der Waals surface area contributed by atoms with Crippen molar-refractivity contribution in [2.45, 2.75) is 44.7 Å². The predicted octanol–water partition coefficient (Wildman–Crippen LogP) is 4.75. The number of alkyl halides is 1. The molecule has 0 radical (unpaired) electrons. The summed E-state index contributed by atoms with van der Waals surface area (Å²) in [5.74, 6) is 0.524. The Hall–Kier alpha value is -2.33. The normalized spacial score (nSPS) is 21.2. The molecule has 2 aromatic rings. The second kappa shape index (κ2) is 8.36. The number of para-hydroxylation sites is 2. The van der Waals surface area contributed by atoms with Crippen LogP contribution in [-0.2, 0) is 16.1 Å². The van der Waals surface area contributed by atoms with Crippen molar-refractivity contribution in [3.8, 4) is 0 Å². The van der Waals surface area contributed by atoms with Crippen LogP contribution in [0.4, 0.5) is 11.4 Å². The first-order valence-corrected chi connectivity index (χ1v) is 10.6. The standard InChI is InChI=1S/C23H25ClN2O2/c24-15-7-14-22(27)26-19-13-6-10-18(19)23(28)25(16-17-8-2-1-3-9-17)20-11-4-5-12-21(20)26/h1-5,8-9,11-12,18-19H,6-7,10,13-16H2. The molecule has 146 valence electrons. The number of anilines is 2. The van der Waals surface area contributed by atoms with Crippen molar-refractivity contribution >= 4 is 34.8 Å². The lowest BCUT2D eigenvalue weighted by Gasteiger charge is -2.30. The largest absolute Gasteiger partial charge is 0.307 e. The van der Waals surface area contributed by atoms with Gasteiger partial charge in [0.05, 0.1) is 23.8 Å². The van der Waals surface area contributed by atoms with E-state index in [4.69, 9.17) is 11.6 Å². The molecule has 2 aliphatic rings. The highest BCUT2D eigenvalue weighted by molar-refractivity contribution is 6.18. The molecule has 1 aliphatic heterocycles. The lowest BCUT2D eigenvalue weighted by Crippen LogP contribution is -2.45. The zero-order valence-corrected chi connectivity index (χ0v) is 16.6. The molecule has 0 N–H and O–H groups in total. The summed E-state index contributed by atoms with van der Waals surface area (Å²) in [7, 11) is 0. The quantitative estimate of drug-likeness (QED) is 0.684. The minimum Gasteiger partial charge on any atom is -0.307 e. The zero-order chi connectivity index (χ0) is 19.5. The molecular weight excluding hydrogens is 372 g/mol. The van der Waals surface area contributed by atoms with Crippen molar-refractivity contribution in [2.75, 3.05) is 15.7 Å². The van der Waals surface area contributed by atoms with E-state index < -0.39 is 0 Å². The van der Waals surface area contributed by atoms with Crippen LogP contribution in [-0.4, -0.2) is 23.7 Å².